The normalized spacial score (nSPS) is 13.0. The van der Waals surface area contributed by atoms with E-state index in [1.54, 1.807) is 0 Å². The number of aromatic nitrogens is 2. The van der Waals surface area contributed by atoms with Crippen LogP contribution in [0.5, 0.6) is 0 Å². The summed E-state index contributed by atoms with van der Waals surface area (Å²) in [6.45, 7) is 3.07. The molecule has 1 aliphatic rings. The Morgan fingerprint density at radius 1 is 1.17 bits per heavy atom. The average Bonchev–Trinajstić information content (AvgIpc) is 3.13. The number of hydrogen-bond donors (Lipinski definition) is 1. The van der Waals surface area contributed by atoms with E-state index >= 15 is 0 Å². The zero-order valence-electron chi connectivity index (χ0n) is 13.0. The van der Waals surface area contributed by atoms with Crippen LogP contribution in [0.25, 0.3) is 5.69 Å². The Labute approximate surface area is 140 Å². The highest BCUT2D eigenvalue weighted by atomic mass is 35.5. The van der Waals surface area contributed by atoms with Gasteiger partial charge in [-0.2, -0.15) is 5.10 Å². The fourth-order valence-electron chi connectivity index (χ4n) is 3.16. The molecule has 0 atom stereocenters. The van der Waals surface area contributed by atoms with Crippen molar-refractivity contribution in [3.8, 4) is 5.69 Å². The molecule has 0 unspecified atom stereocenters. The minimum atomic E-state index is 0.766. The molecule has 1 N–H and O–H groups in total. The van der Waals surface area contributed by atoms with E-state index in [4.69, 9.17) is 16.7 Å². The Bertz CT molecular complexity index is 867. The van der Waals surface area contributed by atoms with Gasteiger partial charge >= 0.3 is 0 Å². The molecule has 2 heterocycles. The molecule has 116 valence electrons. The molecule has 1 aromatic heterocycles. The van der Waals surface area contributed by atoms with E-state index in [-0.39, 0.29) is 0 Å². The van der Waals surface area contributed by atoms with Crippen molar-refractivity contribution in [2.45, 2.75) is 19.8 Å². The monoisotopic (exact) mass is 323 g/mol. The molecular weight excluding hydrogens is 306 g/mol. The van der Waals surface area contributed by atoms with Crippen LogP contribution in [-0.4, -0.2) is 16.3 Å². The summed E-state index contributed by atoms with van der Waals surface area (Å²) in [5.41, 5.74) is 5.88. The van der Waals surface area contributed by atoms with Gasteiger partial charge in [0, 0.05) is 23.6 Å². The number of fused-ring (bicyclic) bond motifs is 1. The number of rotatable bonds is 3. The molecule has 0 saturated carbocycles. The second-order valence-corrected chi connectivity index (χ2v) is 6.38. The van der Waals surface area contributed by atoms with Crippen molar-refractivity contribution in [3.05, 3.63) is 75.9 Å². The van der Waals surface area contributed by atoms with Gasteiger partial charge in [0.2, 0.25) is 0 Å². The lowest BCUT2D eigenvalue weighted by molar-refractivity contribution is 0.839. The molecule has 1 aliphatic heterocycles. The van der Waals surface area contributed by atoms with Crippen LogP contribution in [0.2, 0.25) is 5.02 Å². The first-order chi connectivity index (χ1) is 11.2. The number of aryl methyl sites for hydroxylation is 1. The van der Waals surface area contributed by atoms with Gasteiger partial charge in [0.25, 0.3) is 0 Å². The van der Waals surface area contributed by atoms with Gasteiger partial charge in [-0.25, -0.2) is 4.68 Å². The highest BCUT2D eigenvalue weighted by Crippen LogP contribution is 2.31. The molecule has 3 aromatic rings. The molecule has 4 rings (SSSR count). The Balaban J connectivity index is 1.78. The van der Waals surface area contributed by atoms with Gasteiger partial charge < -0.3 is 5.32 Å². The Morgan fingerprint density at radius 2 is 2.04 bits per heavy atom. The first-order valence-electron chi connectivity index (χ1n) is 7.87. The van der Waals surface area contributed by atoms with Gasteiger partial charge in [-0.3, -0.25) is 0 Å². The summed E-state index contributed by atoms with van der Waals surface area (Å²) in [5, 5.41) is 9.15. The smallest absolute Gasteiger partial charge is 0.133 e. The average molecular weight is 324 g/mol. The lowest BCUT2D eigenvalue weighted by atomic mass is 10.1. The number of anilines is 1. The lowest BCUT2D eigenvalue weighted by Gasteiger charge is -2.07. The minimum absolute atomic E-state index is 0.766. The van der Waals surface area contributed by atoms with Gasteiger partial charge in [0.1, 0.15) is 5.82 Å². The third kappa shape index (κ3) is 2.62. The van der Waals surface area contributed by atoms with Crippen molar-refractivity contribution in [1.29, 1.82) is 0 Å². The number of nitrogens with one attached hydrogen (secondary N) is 1. The van der Waals surface area contributed by atoms with E-state index in [0.717, 1.165) is 47.2 Å². The van der Waals surface area contributed by atoms with Gasteiger partial charge in [-0.15, -0.1) is 0 Å². The largest absolute Gasteiger partial charge is 0.369 e. The van der Waals surface area contributed by atoms with E-state index in [2.05, 4.69) is 42.6 Å². The van der Waals surface area contributed by atoms with Crippen LogP contribution < -0.4 is 5.32 Å². The zero-order chi connectivity index (χ0) is 15.8. The van der Waals surface area contributed by atoms with Crippen molar-refractivity contribution in [3.63, 3.8) is 0 Å². The van der Waals surface area contributed by atoms with Gasteiger partial charge in [-0.1, -0.05) is 41.9 Å². The molecule has 0 fully saturated rings. The molecular formula is C19H18ClN3. The van der Waals surface area contributed by atoms with Gasteiger partial charge in [0.15, 0.2) is 0 Å². The maximum absolute atomic E-state index is 6.32. The van der Waals surface area contributed by atoms with E-state index in [0.29, 0.717) is 0 Å². The van der Waals surface area contributed by atoms with Gasteiger partial charge in [-0.05, 0) is 42.7 Å². The highest BCUT2D eigenvalue weighted by Gasteiger charge is 2.23. The molecule has 0 spiro atoms. The highest BCUT2D eigenvalue weighted by molar-refractivity contribution is 6.31. The summed E-state index contributed by atoms with van der Waals surface area (Å²) in [7, 11) is 0. The fourth-order valence-corrected chi connectivity index (χ4v) is 3.36. The second kappa shape index (κ2) is 5.74. The summed E-state index contributed by atoms with van der Waals surface area (Å²) < 4.78 is 2.03. The van der Waals surface area contributed by atoms with Crippen molar-refractivity contribution >= 4 is 17.4 Å². The van der Waals surface area contributed by atoms with E-state index < -0.39 is 0 Å². The number of nitrogens with zero attached hydrogens (tertiary/aromatic N) is 2. The number of hydrogen-bond acceptors (Lipinski definition) is 2. The SMILES string of the molecule is Cc1cccc(-n2nc(Cc3ccccc3Cl)c3c2NCC3)c1. The number of halogens is 1. The van der Waals surface area contributed by atoms with E-state index in [1.807, 2.05) is 22.9 Å². The Morgan fingerprint density at radius 3 is 2.87 bits per heavy atom. The Kier molecular flexibility index (Phi) is 3.58. The molecule has 2 aromatic carbocycles. The quantitative estimate of drug-likeness (QED) is 0.774. The summed E-state index contributed by atoms with van der Waals surface area (Å²) in [5.74, 6) is 1.12. The van der Waals surface area contributed by atoms with Crippen LogP contribution in [-0.2, 0) is 12.8 Å². The van der Waals surface area contributed by atoms with Crippen molar-refractivity contribution in [1.82, 2.24) is 9.78 Å². The standard InChI is InChI=1S/C19H18ClN3/c1-13-5-4-7-15(11-13)23-19-16(9-10-21-19)18(22-23)12-14-6-2-3-8-17(14)20/h2-8,11,21H,9-10,12H2,1H3. The summed E-state index contributed by atoms with van der Waals surface area (Å²) in [6.07, 6.45) is 1.78. The van der Waals surface area contributed by atoms with Crippen LogP contribution in [0.15, 0.2) is 48.5 Å². The minimum Gasteiger partial charge on any atom is -0.369 e. The predicted octanol–water partition coefficient (Wildman–Crippen LogP) is 4.39. The first-order valence-corrected chi connectivity index (χ1v) is 8.25. The Hall–Kier alpha value is -2.26. The van der Waals surface area contributed by atoms with E-state index in [9.17, 15) is 0 Å². The van der Waals surface area contributed by atoms with Crippen molar-refractivity contribution < 1.29 is 0 Å². The molecule has 3 nitrogen and oxygen atoms in total. The van der Waals surface area contributed by atoms with Crippen LogP contribution in [0, 0.1) is 6.92 Å². The molecule has 4 heteroatoms. The third-order valence-electron chi connectivity index (χ3n) is 4.30. The molecule has 0 bridgehead atoms. The van der Waals surface area contributed by atoms with Crippen LogP contribution in [0.4, 0.5) is 5.82 Å². The fraction of sp³-hybridized carbons (Fsp3) is 0.211. The topological polar surface area (TPSA) is 29.9 Å². The lowest BCUT2D eigenvalue weighted by Crippen LogP contribution is -2.05. The second-order valence-electron chi connectivity index (χ2n) is 5.97. The molecule has 0 amide bonds. The molecule has 0 aliphatic carbocycles. The first kappa shape index (κ1) is 14.3. The van der Waals surface area contributed by atoms with Crippen LogP contribution >= 0.6 is 11.6 Å². The summed E-state index contributed by atoms with van der Waals surface area (Å²) >= 11 is 6.32. The van der Waals surface area contributed by atoms with Gasteiger partial charge in [0.05, 0.1) is 11.4 Å². The summed E-state index contributed by atoms with van der Waals surface area (Å²) in [4.78, 5) is 0. The van der Waals surface area contributed by atoms with Crippen molar-refractivity contribution in [2.75, 3.05) is 11.9 Å². The molecule has 0 saturated heterocycles. The summed E-state index contributed by atoms with van der Waals surface area (Å²) in [6, 6.07) is 16.4. The van der Waals surface area contributed by atoms with Crippen molar-refractivity contribution in [2.24, 2.45) is 0 Å². The zero-order valence-corrected chi connectivity index (χ0v) is 13.8. The predicted molar refractivity (Wildman–Crippen MR) is 94.8 cm³/mol. The maximum Gasteiger partial charge on any atom is 0.133 e. The van der Waals surface area contributed by atoms with E-state index in [1.165, 1.54) is 11.1 Å². The van der Waals surface area contributed by atoms with Crippen LogP contribution in [0.3, 0.4) is 0 Å². The molecule has 0 radical (unpaired) electrons. The molecule has 23 heavy (non-hydrogen) atoms. The third-order valence-corrected chi connectivity index (χ3v) is 4.66. The van der Waals surface area contributed by atoms with Crippen LogP contribution in [0.1, 0.15) is 22.4 Å². The maximum atomic E-state index is 6.32. The number of benzene rings is 2.